The van der Waals surface area contributed by atoms with E-state index >= 15 is 0 Å². The van der Waals surface area contributed by atoms with Gasteiger partial charge < -0.3 is 5.32 Å². The van der Waals surface area contributed by atoms with Crippen molar-refractivity contribution in [2.24, 2.45) is 7.05 Å². The molecule has 2 aromatic rings. The van der Waals surface area contributed by atoms with Crippen LogP contribution < -0.4 is 5.32 Å². The van der Waals surface area contributed by atoms with E-state index in [0.717, 1.165) is 18.1 Å². The minimum Gasteiger partial charge on any atom is -0.309 e. The number of hydrogen-bond acceptors (Lipinski definition) is 5. The zero-order valence-corrected chi connectivity index (χ0v) is 13.0. The number of thioether (sulfide) groups is 1. The standard InChI is InChI=1S/C14H21N5S/c1-4-12(20-14-16-17-18-19(14)3)13(15-5-2)11-9-7-6-8-10-11/h6-10,12-13,15H,4-5H2,1-3H3. The molecule has 0 saturated carbocycles. The van der Waals surface area contributed by atoms with Gasteiger partial charge in [0, 0.05) is 18.3 Å². The van der Waals surface area contributed by atoms with E-state index in [1.165, 1.54) is 5.56 Å². The lowest BCUT2D eigenvalue weighted by molar-refractivity contribution is 0.519. The summed E-state index contributed by atoms with van der Waals surface area (Å²) < 4.78 is 1.72. The Morgan fingerprint density at radius 3 is 2.55 bits per heavy atom. The Morgan fingerprint density at radius 1 is 1.25 bits per heavy atom. The number of aromatic nitrogens is 4. The van der Waals surface area contributed by atoms with Gasteiger partial charge in [-0.25, -0.2) is 4.68 Å². The topological polar surface area (TPSA) is 55.6 Å². The molecule has 1 aromatic carbocycles. The molecule has 0 aliphatic heterocycles. The highest BCUT2D eigenvalue weighted by molar-refractivity contribution is 7.99. The second-order valence-corrected chi connectivity index (χ2v) is 5.80. The highest BCUT2D eigenvalue weighted by Crippen LogP contribution is 2.32. The number of aryl methyl sites for hydroxylation is 1. The molecule has 0 amide bonds. The highest BCUT2D eigenvalue weighted by atomic mass is 32.2. The van der Waals surface area contributed by atoms with E-state index in [1.807, 2.05) is 13.1 Å². The number of nitrogens with zero attached hydrogens (tertiary/aromatic N) is 4. The van der Waals surface area contributed by atoms with Crippen molar-refractivity contribution in [2.75, 3.05) is 6.54 Å². The molecule has 20 heavy (non-hydrogen) atoms. The normalized spacial score (nSPS) is 14.2. The minimum atomic E-state index is 0.299. The van der Waals surface area contributed by atoms with Crippen molar-refractivity contribution in [1.29, 1.82) is 0 Å². The Morgan fingerprint density at radius 2 is 2.00 bits per heavy atom. The summed E-state index contributed by atoms with van der Waals surface area (Å²) in [4.78, 5) is 0. The second-order valence-electron chi connectivity index (χ2n) is 4.60. The van der Waals surface area contributed by atoms with Crippen molar-refractivity contribution < 1.29 is 0 Å². The van der Waals surface area contributed by atoms with Gasteiger partial charge in [-0.2, -0.15) is 0 Å². The molecular formula is C14H21N5S. The molecule has 2 rings (SSSR count). The lowest BCUT2D eigenvalue weighted by Gasteiger charge is -2.26. The molecule has 5 nitrogen and oxygen atoms in total. The Hall–Kier alpha value is -1.40. The number of nitrogens with one attached hydrogen (secondary N) is 1. The van der Waals surface area contributed by atoms with E-state index in [1.54, 1.807) is 16.4 Å². The number of benzene rings is 1. The molecule has 1 aromatic heterocycles. The van der Waals surface area contributed by atoms with Gasteiger partial charge in [0.05, 0.1) is 0 Å². The fraction of sp³-hybridized carbons (Fsp3) is 0.500. The summed E-state index contributed by atoms with van der Waals surface area (Å²) in [5.74, 6) is 0. The van der Waals surface area contributed by atoms with Crippen molar-refractivity contribution >= 4 is 11.8 Å². The average molecular weight is 291 g/mol. The number of tetrazole rings is 1. The van der Waals surface area contributed by atoms with Crippen LogP contribution in [0.25, 0.3) is 0 Å². The van der Waals surface area contributed by atoms with Gasteiger partial charge in [0.25, 0.3) is 0 Å². The van der Waals surface area contributed by atoms with Crippen molar-refractivity contribution in [3.8, 4) is 0 Å². The Labute approximate surface area is 124 Å². The Balaban J connectivity index is 2.19. The van der Waals surface area contributed by atoms with Crippen LogP contribution in [0, 0.1) is 0 Å². The van der Waals surface area contributed by atoms with E-state index in [0.29, 0.717) is 11.3 Å². The summed E-state index contributed by atoms with van der Waals surface area (Å²) >= 11 is 1.73. The van der Waals surface area contributed by atoms with Crippen LogP contribution in [-0.4, -0.2) is 32.0 Å². The largest absolute Gasteiger partial charge is 0.309 e. The number of hydrogen-bond donors (Lipinski definition) is 1. The third-order valence-electron chi connectivity index (χ3n) is 3.19. The molecule has 0 aliphatic carbocycles. The smallest absolute Gasteiger partial charge is 0.209 e. The molecule has 0 aliphatic rings. The summed E-state index contributed by atoms with van der Waals surface area (Å²) in [5.41, 5.74) is 1.31. The molecule has 2 unspecified atom stereocenters. The van der Waals surface area contributed by atoms with Gasteiger partial charge in [0.1, 0.15) is 0 Å². The summed E-state index contributed by atoms with van der Waals surface area (Å²) in [6.07, 6.45) is 1.05. The molecule has 0 fully saturated rings. The van der Waals surface area contributed by atoms with E-state index in [9.17, 15) is 0 Å². The van der Waals surface area contributed by atoms with Crippen molar-refractivity contribution in [1.82, 2.24) is 25.5 Å². The first-order valence-corrected chi connectivity index (χ1v) is 7.81. The van der Waals surface area contributed by atoms with Crippen LogP contribution in [0.5, 0.6) is 0 Å². The monoisotopic (exact) mass is 291 g/mol. The van der Waals surface area contributed by atoms with Crippen LogP contribution in [0.4, 0.5) is 0 Å². The van der Waals surface area contributed by atoms with Crippen LogP contribution in [0.3, 0.4) is 0 Å². The molecule has 108 valence electrons. The van der Waals surface area contributed by atoms with Crippen LogP contribution in [0.2, 0.25) is 0 Å². The van der Waals surface area contributed by atoms with Gasteiger partial charge in [0.2, 0.25) is 5.16 Å². The summed E-state index contributed by atoms with van der Waals surface area (Å²) in [6, 6.07) is 10.9. The van der Waals surface area contributed by atoms with Crippen LogP contribution in [0.1, 0.15) is 31.9 Å². The van der Waals surface area contributed by atoms with Gasteiger partial charge in [-0.15, -0.1) is 5.10 Å². The van der Waals surface area contributed by atoms with Crippen LogP contribution in [-0.2, 0) is 7.05 Å². The van der Waals surface area contributed by atoms with Crippen LogP contribution in [0.15, 0.2) is 35.5 Å². The quantitative estimate of drug-likeness (QED) is 0.794. The maximum absolute atomic E-state index is 4.08. The summed E-state index contributed by atoms with van der Waals surface area (Å²) in [6.45, 7) is 5.28. The second kappa shape index (κ2) is 7.40. The summed E-state index contributed by atoms with van der Waals surface area (Å²) in [5, 5.41) is 16.5. The number of rotatable bonds is 7. The predicted octanol–water partition coefficient (Wildman–Crippen LogP) is 2.43. The SMILES string of the molecule is CCNC(c1ccccc1)C(CC)Sc1nnnn1C. The molecule has 1 heterocycles. The first-order chi connectivity index (χ1) is 9.76. The van der Waals surface area contributed by atoms with Crippen molar-refractivity contribution in [2.45, 2.75) is 36.7 Å². The lowest BCUT2D eigenvalue weighted by atomic mass is 10.0. The van der Waals surface area contributed by atoms with Gasteiger partial charge >= 0.3 is 0 Å². The predicted molar refractivity (Wildman–Crippen MR) is 81.6 cm³/mol. The third kappa shape index (κ3) is 3.58. The van der Waals surface area contributed by atoms with E-state index in [2.05, 4.69) is 59.0 Å². The first kappa shape index (κ1) is 15.0. The highest BCUT2D eigenvalue weighted by Gasteiger charge is 2.23. The van der Waals surface area contributed by atoms with E-state index in [4.69, 9.17) is 0 Å². The molecule has 0 saturated heterocycles. The van der Waals surface area contributed by atoms with Gasteiger partial charge in [-0.1, -0.05) is 55.9 Å². The molecule has 0 spiro atoms. The zero-order chi connectivity index (χ0) is 14.4. The van der Waals surface area contributed by atoms with Gasteiger partial charge in [-0.05, 0) is 29.0 Å². The molecular weight excluding hydrogens is 270 g/mol. The van der Waals surface area contributed by atoms with E-state index < -0.39 is 0 Å². The fourth-order valence-electron chi connectivity index (χ4n) is 2.19. The minimum absolute atomic E-state index is 0.299. The maximum Gasteiger partial charge on any atom is 0.209 e. The Kier molecular flexibility index (Phi) is 5.55. The molecule has 2 atom stereocenters. The Bertz CT molecular complexity index is 513. The molecule has 0 bridgehead atoms. The third-order valence-corrected chi connectivity index (χ3v) is 4.66. The van der Waals surface area contributed by atoms with Gasteiger partial charge in [0.15, 0.2) is 0 Å². The molecule has 1 N–H and O–H groups in total. The first-order valence-electron chi connectivity index (χ1n) is 6.93. The molecule has 0 radical (unpaired) electrons. The van der Waals surface area contributed by atoms with Crippen molar-refractivity contribution in [3.63, 3.8) is 0 Å². The average Bonchev–Trinajstić information content (AvgIpc) is 2.89. The van der Waals surface area contributed by atoms with E-state index in [-0.39, 0.29) is 0 Å². The lowest BCUT2D eigenvalue weighted by Crippen LogP contribution is -2.30. The van der Waals surface area contributed by atoms with Crippen molar-refractivity contribution in [3.05, 3.63) is 35.9 Å². The molecule has 6 heteroatoms. The van der Waals surface area contributed by atoms with Crippen LogP contribution >= 0.6 is 11.8 Å². The fourth-order valence-corrected chi connectivity index (χ4v) is 3.29. The summed E-state index contributed by atoms with van der Waals surface area (Å²) in [7, 11) is 1.87. The maximum atomic E-state index is 4.08. The zero-order valence-electron chi connectivity index (χ0n) is 12.2. The van der Waals surface area contributed by atoms with Gasteiger partial charge in [-0.3, -0.25) is 0 Å².